The molecule has 3 unspecified atom stereocenters. The molecule has 0 bridgehead atoms. The Hall–Kier alpha value is -2.84. The molecule has 6 nitrogen and oxygen atoms in total. The van der Waals surface area contributed by atoms with Gasteiger partial charge in [-0.05, 0) is 63.2 Å². The van der Waals surface area contributed by atoms with E-state index >= 15 is 0 Å². The number of halogens is 3. The molecule has 9 heteroatoms. The van der Waals surface area contributed by atoms with Crippen molar-refractivity contribution in [3.05, 3.63) is 48.6 Å². The van der Waals surface area contributed by atoms with Crippen LogP contribution in [0.15, 0.2) is 48.6 Å². The van der Waals surface area contributed by atoms with Crippen LogP contribution >= 0.6 is 0 Å². The van der Waals surface area contributed by atoms with Gasteiger partial charge in [-0.15, -0.1) is 0 Å². The summed E-state index contributed by atoms with van der Waals surface area (Å²) in [6.45, 7) is 5.47. The van der Waals surface area contributed by atoms with Gasteiger partial charge in [0.15, 0.2) is 6.10 Å². The van der Waals surface area contributed by atoms with Gasteiger partial charge in [-0.3, -0.25) is 14.4 Å². The molecule has 0 aromatic rings. The molecule has 1 aliphatic rings. The lowest BCUT2D eigenvalue weighted by Crippen LogP contribution is -2.31. The molecule has 0 N–H and O–H groups in total. The zero-order chi connectivity index (χ0) is 30.5. The van der Waals surface area contributed by atoms with E-state index in [4.69, 9.17) is 14.2 Å². The number of ether oxygens (including phenoxy) is 3. The molecule has 0 aliphatic heterocycles. The lowest BCUT2D eigenvalue weighted by atomic mass is 10.1. The summed E-state index contributed by atoms with van der Waals surface area (Å²) in [5, 5.41) is 0. The smallest absolute Gasteiger partial charge is 0.389 e. The minimum Gasteiger partial charge on any atom is -0.462 e. The van der Waals surface area contributed by atoms with Crippen LogP contribution in [-0.2, 0) is 28.6 Å². The molecule has 0 saturated heterocycles. The van der Waals surface area contributed by atoms with E-state index < -0.39 is 18.7 Å². The maximum atomic E-state index is 12.6. The van der Waals surface area contributed by atoms with Gasteiger partial charge in [-0.2, -0.15) is 13.2 Å². The van der Waals surface area contributed by atoms with Crippen LogP contribution in [0.2, 0.25) is 0 Å². The SMILES string of the molecule is CCCC(=O)OCC(COC(=O)CCC)OC(=O)C1CC1/C=C\C/C=C\C/C=C\C(C)/C=C\CCCCC(F)(F)F. The molecule has 232 valence electrons. The second kappa shape index (κ2) is 20.9. The first-order valence-electron chi connectivity index (χ1n) is 14.8. The summed E-state index contributed by atoms with van der Waals surface area (Å²) in [5.41, 5.74) is 0. The second-order valence-electron chi connectivity index (χ2n) is 10.4. The number of esters is 3. The van der Waals surface area contributed by atoms with E-state index in [2.05, 4.69) is 18.2 Å². The first kappa shape index (κ1) is 36.2. The average Bonchev–Trinajstić information content (AvgIpc) is 3.68. The monoisotopic (exact) mass is 584 g/mol. The molecular formula is C32H47F3O6. The second-order valence-corrected chi connectivity index (χ2v) is 10.4. The van der Waals surface area contributed by atoms with Crippen LogP contribution in [0.4, 0.5) is 13.2 Å². The molecule has 0 radical (unpaired) electrons. The lowest BCUT2D eigenvalue weighted by Gasteiger charge is -2.18. The number of unbranched alkanes of at least 4 members (excludes halogenated alkanes) is 2. The summed E-state index contributed by atoms with van der Waals surface area (Å²) in [6.07, 6.45) is 16.0. The van der Waals surface area contributed by atoms with Crippen molar-refractivity contribution < 1.29 is 41.8 Å². The standard InChI is InChI=1S/C32H47F3O6/c1-4-16-29(36)39-23-27(24-40-30(37)17-5-2)41-31(38)28-22-26(28)20-14-9-7-6-8-12-18-25(3)19-13-10-11-15-21-32(33,34)35/h6-7,12-14,18-20,25-28H,4-5,8-11,15-17,21-24H2,1-3H3/b7-6-,18-12-,19-13-,20-14-. The summed E-state index contributed by atoms with van der Waals surface area (Å²) < 4.78 is 52.2. The van der Waals surface area contributed by atoms with Gasteiger partial charge in [0.25, 0.3) is 0 Å². The molecule has 0 amide bonds. The number of hydrogen-bond donors (Lipinski definition) is 0. The van der Waals surface area contributed by atoms with E-state index in [1.54, 1.807) is 0 Å². The van der Waals surface area contributed by atoms with Crippen molar-refractivity contribution in [2.45, 2.75) is 104 Å². The zero-order valence-corrected chi connectivity index (χ0v) is 24.7. The highest BCUT2D eigenvalue weighted by molar-refractivity contribution is 5.76. The van der Waals surface area contributed by atoms with Crippen LogP contribution in [0.5, 0.6) is 0 Å². The molecule has 1 rings (SSSR count). The summed E-state index contributed by atoms with van der Waals surface area (Å²) in [5.74, 6) is -1.07. The van der Waals surface area contributed by atoms with Crippen molar-refractivity contribution in [1.82, 2.24) is 0 Å². The van der Waals surface area contributed by atoms with Crippen LogP contribution in [0.3, 0.4) is 0 Å². The number of hydrogen-bond acceptors (Lipinski definition) is 6. The molecular weight excluding hydrogens is 537 g/mol. The maximum absolute atomic E-state index is 12.6. The van der Waals surface area contributed by atoms with Gasteiger partial charge in [0.1, 0.15) is 13.2 Å². The Morgan fingerprint density at radius 3 is 2.02 bits per heavy atom. The Labute approximate surface area is 243 Å². The molecule has 1 aliphatic carbocycles. The average molecular weight is 585 g/mol. The largest absolute Gasteiger partial charge is 0.462 e. The molecule has 1 saturated carbocycles. The first-order chi connectivity index (χ1) is 19.6. The Morgan fingerprint density at radius 2 is 1.44 bits per heavy atom. The van der Waals surface area contributed by atoms with E-state index in [0.29, 0.717) is 32.1 Å². The van der Waals surface area contributed by atoms with Crippen LogP contribution in [0, 0.1) is 17.8 Å². The summed E-state index contributed by atoms with van der Waals surface area (Å²) in [6, 6.07) is 0. The Bertz CT molecular complexity index is 868. The minimum atomic E-state index is -4.07. The summed E-state index contributed by atoms with van der Waals surface area (Å²) in [4.78, 5) is 36.0. The summed E-state index contributed by atoms with van der Waals surface area (Å²) in [7, 11) is 0. The number of alkyl halides is 3. The molecule has 1 fully saturated rings. The van der Waals surface area contributed by atoms with E-state index in [0.717, 1.165) is 12.8 Å². The normalized spacial score (nSPS) is 18.1. The third-order valence-electron chi connectivity index (χ3n) is 6.25. The fourth-order valence-electron chi connectivity index (χ4n) is 3.85. The molecule has 0 spiro atoms. The lowest BCUT2D eigenvalue weighted by molar-refractivity contribution is -0.167. The number of carbonyl (C=O) groups excluding carboxylic acids is 3. The van der Waals surface area contributed by atoms with Crippen molar-refractivity contribution in [3.63, 3.8) is 0 Å². The van der Waals surface area contributed by atoms with Crippen molar-refractivity contribution in [3.8, 4) is 0 Å². The van der Waals surface area contributed by atoms with E-state index in [9.17, 15) is 27.6 Å². The highest BCUT2D eigenvalue weighted by Gasteiger charge is 2.43. The maximum Gasteiger partial charge on any atom is 0.389 e. The van der Waals surface area contributed by atoms with Gasteiger partial charge in [-0.25, -0.2) is 0 Å². The quantitative estimate of drug-likeness (QED) is 0.0589. The van der Waals surface area contributed by atoms with Crippen LogP contribution in [0.25, 0.3) is 0 Å². The molecule has 3 atom stereocenters. The van der Waals surface area contributed by atoms with Gasteiger partial charge in [-0.1, -0.05) is 69.4 Å². The fraction of sp³-hybridized carbons (Fsp3) is 0.656. The predicted octanol–water partition coefficient (Wildman–Crippen LogP) is 7.98. The highest BCUT2D eigenvalue weighted by Crippen LogP contribution is 2.41. The van der Waals surface area contributed by atoms with E-state index in [1.807, 2.05) is 51.2 Å². The Balaban J connectivity index is 2.30. The van der Waals surface area contributed by atoms with Gasteiger partial charge in [0.05, 0.1) is 5.92 Å². The fourth-order valence-corrected chi connectivity index (χ4v) is 3.85. The van der Waals surface area contributed by atoms with Crippen molar-refractivity contribution in [1.29, 1.82) is 0 Å². The van der Waals surface area contributed by atoms with Crippen LogP contribution in [0.1, 0.15) is 91.4 Å². The van der Waals surface area contributed by atoms with Gasteiger partial charge in [0.2, 0.25) is 0 Å². The third-order valence-corrected chi connectivity index (χ3v) is 6.25. The first-order valence-corrected chi connectivity index (χ1v) is 14.8. The van der Waals surface area contributed by atoms with E-state index in [-0.39, 0.29) is 68.1 Å². The van der Waals surface area contributed by atoms with E-state index in [1.165, 1.54) is 0 Å². The molecule has 0 heterocycles. The van der Waals surface area contributed by atoms with Crippen molar-refractivity contribution >= 4 is 17.9 Å². The third kappa shape index (κ3) is 19.8. The van der Waals surface area contributed by atoms with Crippen LogP contribution in [-0.4, -0.2) is 43.4 Å². The minimum absolute atomic E-state index is 0.0998. The topological polar surface area (TPSA) is 78.9 Å². The predicted molar refractivity (Wildman–Crippen MR) is 153 cm³/mol. The Kier molecular flexibility index (Phi) is 18.5. The zero-order valence-electron chi connectivity index (χ0n) is 24.7. The Morgan fingerprint density at radius 1 is 0.854 bits per heavy atom. The molecule has 0 aromatic heterocycles. The van der Waals surface area contributed by atoms with Crippen molar-refractivity contribution in [2.75, 3.05) is 13.2 Å². The number of allylic oxidation sites excluding steroid dienone is 8. The highest BCUT2D eigenvalue weighted by atomic mass is 19.4. The number of rotatable bonds is 21. The summed E-state index contributed by atoms with van der Waals surface area (Å²) >= 11 is 0. The van der Waals surface area contributed by atoms with Gasteiger partial charge < -0.3 is 14.2 Å². The van der Waals surface area contributed by atoms with Crippen molar-refractivity contribution in [2.24, 2.45) is 17.8 Å². The van der Waals surface area contributed by atoms with Crippen LogP contribution < -0.4 is 0 Å². The molecule has 0 aromatic carbocycles. The number of carbonyl (C=O) groups is 3. The van der Waals surface area contributed by atoms with Gasteiger partial charge >= 0.3 is 24.1 Å². The molecule has 41 heavy (non-hydrogen) atoms. The van der Waals surface area contributed by atoms with Gasteiger partial charge in [0, 0.05) is 19.3 Å².